The van der Waals surface area contributed by atoms with Gasteiger partial charge in [0.15, 0.2) is 5.82 Å². The molecule has 0 aliphatic rings. The quantitative estimate of drug-likeness (QED) is 0.485. The molecule has 0 saturated carbocycles. The molecule has 9 heteroatoms. The summed E-state index contributed by atoms with van der Waals surface area (Å²) in [5.41, 5.74) is 0.447. The van der Waals surface area contributed by atoms with Crippen LogP contribution in [0.3, 0.4) is 0 Å². The number of thiophene rings is 1. The Balaban J connectivity index is 1.74. The van der Waals surface area contributed by atoms with Crippen molar-refractivity contribution in [2.24, 2.45) is 0 Å². The second-order valence-electron chi connectivity index (χ2n) is 4.66. The normalized spacial score (nSPS) is 11.5. The first-order chi connectivity index (χ1) is 11.7. The molecular formula is C15H8F2N4OS2. The summed E-state index contributed by atoms with van der Waals surface area (Å²) in [5.74, 6) is -0.130. The Hall–Kier alpha value is -2.39. The van der Waals surface area contributed by atoms with Crippen molar-refractivity contribution >= 4 is 34.0 Å². The maximum absolute atomic E-state index is 13.0. The number of aromatic nitrogens is 4. The first kappa shape index (κ1) is 15.2. The van der Waals surface area contributed by atoms with Crippen molar-refractivity contribution in [3.8, 4) is 10.8 Å². The molecule has 24 heavy (non-hydrogen) atoms. The molecule has 0 atom stereocenters. The van der Waals surface area contributed by atoms with Crippen molar-refractivity contribution in [3.05, 3.63) is 47.6 Å². The Morgan fingerprint density at radius 3 is 2.71 bits per heavy atom. The summed E-state index contributed by atoms with van der Waals surface area (Å²) in [4.78, 5) is 8.67. The fourth-order valence-corrected chi connectivity index (χ4v) is 3.51. The summed E-state index contributed by atoms with van der Waals surface area (Å²) in [6.45, 7) is 0. The predicted molar refractivity (Wildman–Crippen MR) is 86.2 cm³/mol. The standard InChI is InChI=1S/C15H8F2N4OS2/c16-11(17)12-18-9-5-2-1-4-8(9)14(19-12)24-15-21-20-13(22-15)10-6-3-7-23-10/h1-7,11H. The molecule has 0 unspecified atom stereocenters. The zero-order valence-electron chi connectivity index (χ0n) is 11.9. The molecule has 0 spiro atoms. The predicted octanol–water partition coefficient (Wildman–Crippen LogP) is 4.83. The molecule has 4 aromatic rings. The molecular weight excluding hydrogens is 354 g/mol. The monoisotopic (exact) mass is 362 g/mol. The second-order valence-corrected chi connectivity index (χ2v) is 6.55. The van der Waals surface area contributed by atoms with Crippen LogP contribution in [0.1, 0.15) is 12.2 Å². The smallest absolute Gasteiger partial charge is 0.297 e. The molecule has 120 valence electrons. The lowest BCUT2D eigenvalue weighted by Gasteiger charge is -2.05. The average Bonchev–Trinajstić information content (AvgIpc) is 3.26. The molecule has 3 heterocycles. The number of alkyl halides is 2. The maximum Gasteiger partial charge on any atom is 0.297 e. The van der Waals surface area contributed by atoms with Gasteiger partial charge in [-0.15, -0.1) is 21.5 Å². The molecule has 0 bridgehead atoms. The van der Waals surface area contributed by atoms with Gasteiger partial charge in [0.2, 0.25) is 0 Å². The van der Waals surface area contributed by atoms with Crippen molar-refractivity contribution < 1.29 is 13.2 Å². The van der Waals surface area contributed by atoms with Crippen LogP contribution in [0, 0.1) is 0 Å². The number of nitrogens with zero attached hydrogens (tertiary/aromatic N) is 4. The lowest BCUT2D eigenvalue weighted by atomic mass is 10.2. The van der Waals surface area contributed by atoms with E-state index in [1.807, 2.05) is 17.5 Å². The van der Waals surface area contributed by atoms with Crippen LogP contribution >= 0.6 is 23.1 Å². The number of rotatable bonds is 4. The third-order valence-corrected chi connectivity index (χ3v) is 4.81. The molecule has 1 aromatic carbocycles. The Labute approximate surface area is 142 Å². The van der Waals surface area contributed by atoms with E-state index in [1.54, 1.807) is 24.3 Å². The second kappa shape index (κ2) is 6.25. The number of fused-ring (bicyclic) bond motifs is 1. The van der Waals surface area contributed by atoms with E-state index in [0.29, 0.717) is 21.8 Å². The average molecular weight is 362 g/mol. The third-order valence-electron chi connectivity index (χ3n) is 3.10. The van der Waals surface area contributed by atoms with Gasteiger partial charge in [-0.3, -0.25) is 0 Å². The van der Waals surface area contributed by atoms with E-state index in [0.717, 1.165) is 16.6 Å². The number of para-hydroxylation sites is 1. The lowest BCUT2D eigenvalue weighted by Crippen LogP contribution is -1.98. The largest absolute Gasteiger partial charge is 0.410 e. The fourth-order valence-electron chi connectivity index (χ4n) is 2.07. The first-order valence-corrected chi connectivity index (χ1v) is 8.50. The van der Waals surface area contributed by atoms with E-state index in [4.69, 9.17) is 4.42 Å². The highest BCUT2D eigenvalue weighted by molar-refractivity contribution is 7.99. The van der Waals surface area contributed by atoms with Gasteiger partial charge in [-0.1, -0.05) is 24.3 Å². The van der Waals surface area contributed by atoms with E-state index in [9.17, 15) is 8.78 Å². The van der Waals surface area contributed by atoms with Gasteiger partial charge in [0.05, 0.1) is 10.4 Å². The Kier molecular flexibility index (Phi) is 3.95. The Morgan fingerprint density at radius 1 is 1.04 bits per heavy atom. The molecule has 3 aromatic heterocycles. The van der Waals surface area contributed by atoms with Crippen LogP contribution < -0.4 is 0 Å². The van der Waals surface area contributed by atoms with Gasteiger partial charge >= 0.3 is 0 Å². The summed E-state index contributed by atoms with van der Waals surface area (Å²) in [6.07, 6.45) is -2.75. The topological polar surface area (TPSA) is 64.7 Å². The van der Waals surface area contributed by atoms with Crippen molar-refractivity contribution in [3.63, 3.8) is 0 Å². The minimum Gasteiger partial charge on any atom is -0.410 e. The van der Waals surface area contributed by atoms with Crippen molar-refractivity contribution in [1.82, 2.24) is 20.2 Å². The molecule has 0 saturated heterocycles. The number of halogens is 2. The van der Waals surface area contributed by atoms with E-state index in [2.05, 4.69) is 20.2 Å². The molecule has 0 amide bonds. The first-order valence-electron chi connectivity index (χ1n) is 6.81. The zero-order chi connectivity index (χ0) is 16.5. The van der Waals surface area contributed by atoms with Crippen LogP contribution in [0.2, 0.25) is 0 Å². The van der Waals surface area contributed by atoms with E-state index >= 15 is 0 Å². The fraction of sp³-hybridized carbons (Fsp3) is 0.0667. The van der Waals surface area contributed by atoms with Gasteiger partial charge in [-0.2, -0.15) is 0 Å². The van der Waals surface area contributed by atoms with Crippen LogP contribution in [0.5, 0.6) is 0 Å². The molecule has 5 nitrogen and oxygen atoms in total. The van der Waals surface area contributed by atoms with Gasteiger partial charge < -0.3 is 4.42 Å². The Morgan fingerprint density at radius 2 is 1.92 bits per heavy atom. The van der Waals surface area contributed by atoms with Gasteiger partial charge in [-0.05, 0) is 29.3 Å². The highest BCUT2D eigenvalue weighted by Crippen LogP contribution is 2.34. The maximum atomic E-state index is 13.0. The van der Waals surface area contributed by atoms with E-state index in [1.165, 1.54) is 11.3 Å². The highest BCUT2D eigenvalue weighted by atomic mass is 32.2. The highest BCUT2D eigenvalue weighted by Gasteiger charge is 2.18. The summed E-state index contributed by atoms with van der Waals surface area (Å²) in [7, 11) is 0. The number of benzene rings is 1. The minimum atomic E-state index is -2.75. The van der Waals surface area contributed by atoms with Crippen LogP contribution in [0.25, 0.3) is 21.7 Å². The van der Waals surface area contributed by atoms with Crippen molar-refractivity contribution in [2.45, 2.75) is 16.7 Å². The minimum absolute atomic E-state index is 0.238. The number of hydrogen-bond acceptors (Lipinski definition) is 7. The van der Waals surface area contributed by atoms with Gasteiger partial charge in [0.1, 0.15) is 5.03 Å². The summed E-state index contributed by atoms with van der Waals surface area (Å²) >= 11 is 2.52. The van der Waals surface area contributed by atoms with E-state index < -0.39 is 12.2 Å². The van der Waals surface area contributed by atoms with Crippen molar-refractivity contribution in [2.75, 3.05) is 0 Å². The Bertz CT molecular complexity index is 988. The van der Waals surface area contributed by atoms with Gasteiger partial charge in [-0.25, -0.2) is 18.7 Å². The molecule has 0 aliphatic carbocycles. The molecule has 0 fully saturated rings. The SMILES string of the molecule is FC(F)c1nc(Sc2nnc(-c3cccs3)o2)c2ccccc2n1. The van der Waals surface area contributed by atoms with Gasteiger partial charge in [0.25, 0.3) is 17.5 Å². The van der Waals surface area contributed by atoms with Crippen LogP contribution in [0.4, 0.5) is 8.78 Å². The summed E-state index contributed by atoms with van der Waals surface area (Å²) in [6, 6.07) is 10.7. The summed E-state index contributed by atoms with van der Waals surface area (Å²) < 4.78 is 31.6. The lowest BCUT2D eigenvalue weighted by molar-refractivity contribution is 0.140. The molecule has 0 N–H and O–H groups in total. The zero-order valence-corrected chi connectivity index (χ0v) is 13.5. The van der Waals surface area contributed by atoms with Crippen LogP contribution in [0.15, 0.2) is 56.4 Å². The van der Waals surface area contributed by atoms with Gasteiger partial charge in [0, 0.05) is 5.39 Å². The molecule has 0 radical (unpaired) electrons. The third kappa shape index (κ3) is 2.87. The number of hydrogen-bond donors (Lipinski definition) is 0. The molecule has 0 aliphatic heterocycles. The van der Waals surface area contributed by atoms with Crippen LogP contribution in [-0.4, -0.2) is 20.2 Å². The van der Waals surface area contributed by atoms with Crippen LogP contribution in [-0.2, 0) is 0 Å². The van der Waals surface area contributed by atoms with Crippen molar-refractivity contribution in [1.29, 1.82) is 0 Å². The van der Waals surface area contributed by atoms with E-state index in [-0.39, 0.29) is 5.22 Å². The molecule has 4 rings (SSSR count). The summed E-state index contributed by atoms with van der Waals surface area (Å²) in [5, 5.41) is 11.1.